The van der Waals surface area contributed by atoms with Crippen LogP contribution < -0.4 is 0 Å². The summed E-state index contributed by atoms with van der Waals surface area (Å²) < 4.78 is 34.5. The maximum absolute atomic E-state index is 5.84. The normalized spacial score (nSPS) is 31.5. The van der Waals surface area contributed by atoms with Gasteiger partial charge in [0.15, 0.2) is 0 Å². The maximum Gasteiger partial charge on any atom is 0.279 e. The van der Waals surface area contributed by atoms with Crippen LogP contribution in [0.15, 0.2) is 0 Å². The van der Waals surface area contributed by atoms with E-state index in [-0.39, 0.29) is 4.66 Å². The first-order valence-electron chi connectivity index (χ1n) is 6.63. The topological polar surface area (TPSA) is 55.4 Å². The zero-order valence-corrected chi connectivity index (χ0v) is 17.9. The lowest BCUT2D eigenvalue weighted by atomic mass is 9.80. The lowest BCUT2D eigenvalue weighted by Gasteiger charge is -2.62. The Labute approximate surface area is 127 Å². The van der Waals surface area contributed by atoms with Crippen LogP contribution >= 0.6 is 0 Å². The van der Waals surface area contributed by atoms with Crippen molar-refractivity contribution in [3.63, 3.8) is 0 Å². The fraction of sp³-hybridized carbons (Fsp3) is 1.00. The predicted molar refractivity (Wildman–Crippen MR) is 82.1 cm³/mol. The van der Waals surface area contributed by atoms with Gasteiger partial charge in [-0.2, -0.15) is 0 Å². The number of hydrogen-bond acceptors (Lipinski definition) is 6. The van der Waals surface area contributed by atoms with Crippen LogP contribution in [0.25, 0.3) is 0 Å². The van der Waals surface area contributed by atoms with Crippen LogP contribution in [-0.2, 0) is 28.4 Å². The van der Waals surface area contributed by atoms with Gasteiger partial charge in [0.1, 0.15) is 0 Å². The Hall–Kier alpha value is 0.194. The van der Waals surface area contributed by atoms with E-state index in [2.05, 4.69) is 0 Å². The first-order valence-corrected chi connectivity index (χ1v) is 8.63. The summed E-state index contributed by atoms with van der Waals surface area (Å²) in [6.45, 7) is 0. The second kappa shape index (κ2) is 6.13. The molecule has 0 aliphatic heterocycles. The first-order chi connectivity index (χ1) is 9.32. The monoisotopic (exact) mass is 324 g/mol. The van der Waals surface area contributed by atoms with Gasteiger partial charge < -0.3 is 28.4 Å². The zero-order chi connectivity index (χ0) is 15.7. The van der Waals surface area contributed by atoms with Crippen LogP contribution in [0, 0.1) is 0 Å². The van der Waals surface area contributed by atoms with E-state index in [4.69, 9.17) is 28.4 Å². The molecule has 1 fully saturated rings. The van der Waals surface area contributed by atoms with Crippen LogP contribution in [0.1, 0.15) is 12.8 Å². The van der Waals surface area contributed by atoms with E-state index < -0.39 is 17.4 Å². The Morgan fingerprint density at radius 3 is 1.30 bits per heavy atom. The summed E-state index contributed by atoms with van der Waals surface area (Å²) in [7, 11) is 11.3. The molecule has 0 atom stereocenters. The zero-order valence-electron chi connectivity index (χ0n) is 13.9. The second-order valence-corrected chi connectivity index (χ2v) is 12.0. The molecule has 0 aromatic heterocycles. The quantitative estimate of drug-likeness (QED) is 0.442. The summed E-state index contributed by atoms with van der Waals surface area (Å²) in [5, 5.41) is 0. The van der Waals surface area contributed by atoms with Gasteiger partial charge in [0, 0.05) is 74.2 Å². The molecule has 6 nitrogen and oxygen atoms in total. The molecule has 0 spiro atoms. The van der Waals surface area contributed by atoms with Crippen molar-refractivity contribution in [2.75, 3.05) is 42.7 Å². The Balaban J connectivity index is 3.61. The van der Waals surface area contributed by atoms with Gasteiger partial charge in [0.2, 0.25) is 11.6 Å². The Morgan fingerprint density at radius 1 is 0.600 bits per heavy atom. The lowest BCUT2D eigenvalue weighted by Crippen LogP contribution is -2.78. The van der Waals surface area contributed by atoms with Crippen molar-refractivity contribution in [1.29, 1.82) is 0 Å². The number of hydrogen-bond donors (Lipinski definition) is 0. The highest BCUT2D eigenvalue weighted by Gasteiger charge is 2.76. The number of ether oxygens (including phenoxy) is 6. The van der Waals surface area contributed by atoms with Gasteiger partial charge in [0.25, 0.3) is 5.79 Å². The fourth-order valence-corrected chi connectivity index (χ4v) is 5.60. The molecule has 0 bridgehead atoms. The first kappa shape index (κ1) is 18.2. The number of rotatable bonds is 6. The highest BCUT2D eigenvalue weighted by atomic mass is 28.2. The summed E-state index contributed by atoms with van der Waals surface area (Å²) in [5.74, 6) is -3.44. The van der Waals surface area contributed by atoms with Crippen molar-refractivity contribution >= 4 is 20.5 Å². The molecular weight excluding hydrogens is 296 g/mol. The molecule has 0 aromatic carbocycles. The van der Waals surface area contributed by atoms with Crippen LogP contribution in [0.5, 0.6) is 0 Å². The molecule has 0 unspecified atom stereocenters. The summed E-state index contributed by atoms with van der Waals surface area (Å²) in [5.41, 5.74) is 0. The van der Waals surface area contributed by atoms with Crippen LogP contribution in [0.4, 0.5) is 0 Å². The van der Waals surface area contributed by atoms with Gasteiger partial charge in [-0.3, -0.25) is 0 Å². The minimum atomic E-state index is -1.30. The van der Waals surface area contributed by atoms with Gasteiger partial charge in [-0.25, -0.2) is 0 Å². The molecule has 0 heterocycles. The molecule has 0 radical (unpaired) electrons. The molecule has 0 amide bonds. The van der Waals surface area contributed by atoms with Crippen molar-refractivity contribution in [3.05, 3.63) is 0 Å². The third kappa shape index (κ3) is 1.97. The molecule has 1 saturated carbocycles. The summed E-state index contributed by atoms with van der Waals surface area (Å²) in [6, 6.07) is 0. The summed E-state index contributed by atoms with van der Waals surface area (Å²) >= 11 is 0. The Morgan fingerprint density at radius 2 is 1.00 bits per heavy atom. The van der Waals surface area contributed by atoms with E-state index in [0.717, 1.165) is 26.9 Å². The van der Waals surface area contributed by atoms with E-state index in [0.29, 0.717) is 6.42 Å². The lowest BCUT2D eigenvalue weighted by molar-refractivity contribution is -0.493. The van der Waals surface area contributed by atoms with E-state index in [1.807, 2.05) is 0 Å². The molecule has 0 N–H and O–H groups in total. The molecule has 8 heteroatoms. The van der Waals surface area contributed by atoms with Gasteiger partial charge in [-0.1, -0.05) is 0 Å². The molecule has 1 rings (SSSR count). The van der Waals surface area contributed by atoms with Crippen molar-refractivity contribution in [2.24, 2.45) is 0 Å². The second-order valence-electron chi connectivity index (χ2n) is 5.59. The smallest absolute Gasteiger partial charge is 0.279 e. The van der Waals surface area contributed by atoms with E-state index >= 15 is 0 Å². The van der Waals surface area contributed by atoms with E-state index in [9.17, 15) is 0 Å². The molecule has 0 aromatic rings. The largest absolute Gasteiger partial charge is 0.349 e. The number of methoxy groups -OCH3 is 6. The van der Waals surface area contributed by atoms with Crippen LogP contribution in [0.2, 0.25) is 4.66 Å². The van der Waals surface area contributed by atoms with E-state index in [1.165, 1.54) is 0 Å². The predicted octanol–water partition coefficient (Wildman–Crippen LogP) is -1.41. The highest BCUT2D eigenvalue weighted by molar-refractivity contribution is 6.40. The SMILES string of the molecule is COC1(OC)CCC([SiH3])([SiH3])C(OC)(OC)C1(OC)OC. The fourth-order valence-electron chi connectivity index (χ4n) is 3.63. The Kier molecular flexibility index (Phi) is 5.59. The minimum absolute atomic E-state index is 0.0942. The average molecular weight is 325 g/mol. The molecule has 1 aliphatic rings. The van der Waals surface area contributed by atoms with Gasteiger partial charge in [-0.15, -0.1) is 0 Å². The van der Waals surface area contributed by atoms with Crippen molar-refractivity contribution in [3.8, 4) is 0 Å². The molecule has 0 saturated heterocycles. The van der Waals surface area contributed by atoms with Gasteiger partial charge >= 0.3 is 0 Å². The van der Waals surface area contributed by atoms with Gasteiger partial charge in [-0.05, 0) is 6.42 Å². The minimum Gasteiger partial charge on any atom is -0.349 e. The molecule has 20 heavy (non-hydrogen) atoms. The molecular formula is C12H28O6Si2. The third-order valence-corrected chi connectivity index (χ3v) is 7.03. The molecule has 1 aliphatic carbocycles. The Bertz CT molecular complexity index is 324. The van der Waals surface area contributed by atoms with Crippen LogP contribution in [0.3, 0.4) is 0 Å². The van der Waals surface area contributed by atoms with Crippen molar-refractivity contribution in [1.82, 2.24) is 0 Å². The van der Waals surface area contributed by atoms with Crippen molar-refractivity contribution in [2.45, 2.75) is 34.9 Å². The maximum atomic E-state index is 5.84. The standard InChI is InChI=1S/C12H28O6Si2/c1-13-9(14-2)7-8-10(19,20)12(17-5,18-6)11(9,15-3)16-4/h7-8H2,1-6,19-20H3. The highest BCUT2D eigenvalue weighted by Crippen LogP contribution is 2.59. The average Bonchev–Trinajstić information content (AvgIpc) is 2.46. The summed E-state index contributed by atoms with van der Waals surface area (Å²) in [4.78, 5) is 0. The van der Waals surface area contributed by atoms with E-state index in [1.54, 1.807) is 42.7 Å². The van der Waals surface area contributed by atoms with Gasteiger partial charge in [0.05, 0.1) is 0 Å². The summed E-state index contributed by atoms with van der Waals surface area (Å²) in [6.07, 6.45) is 1.53. The van der Waals surface area contributed by atoms with Crippen LogP contribution in [-0.4, -0.2) is 80.5 Å². The van der Waals surface area contributed by atoms with Crippen molar-refractivity contribution < 1.29 is 28.4 Å². The molecule has 120 valence electrons. The third-order valence-electron chi connectivity index (χ3n) is 4.71.